The maximum atomic E-state index is 14.1. The topological polar surface area (TPSA) is 293 Å². The van der Waals surface area contributed by atoms with Gasteiger partial charge in [0.05, 0.1) is 35.7 Å². The summed E-state index contributed by atoms with van der Waals surface area (Å²) >= 11 is 0. The van der Waals surface area contributed by atoms with Crippen molar-refractivity contribution in [3.05, 3.63) is 108 Å². The third-order valence-electron chi connectivity index (χ3n) is 20.7. The van der Waals surface area contributed by atoms with E-state index in [1.165, 1.54) is 9.80 Å². The molecule has 6 aliphatic heterocycles. The Kier molecular flexibility index (Phi) is 21.1. The lowest BCUT2D eigenvalue weighted by atomic mass is 9.72. The van der Waals surface area contributed by atoms with E-state index in [-0.39, 0.29) is 96.5 Å². The van der Waals surface area contributed by atoms with Crippen molar-refractivity contribution < 1.29 is 57.5 Å². The second-order valence-electron chi connectivity index (χ2n) is 31.4. The Balaban J connectivity index is 0.000000202. The minimum Gasteiger partial charge on any atom is -0.444 e. The second kappa shape index (κ2) is 29.1. The number of nitrogens with zero attached hydrogens (tertiary/aromatic N) is 12. The van der Waals surface area contributed by atoms with Gasteiger partial charge in [-0.1, -0.05) is 86.5 Å². The number of hydrogen-bond donors (Lipinski definition) is 4. The average molecular weight is 1380 g/mol. The number of β-amino-alcohol motifs (C(OH)–C–C–N with tert-alkyl or cyclic N) is 2. The standard InChI is InChI=1S/2C37H51N7O6/c2*1-23(2)32(30-19-31(40-50-30)43-21-37(22-43)13-16-42(17-14-37)35(48)49-36(4,5)6)34(47)44-20-27(45)18-29(44)33(46)39-24(3)25-8-10-26(11-9-25)28-12-15-38-41(28)7/h2*8-12,15,19,23-24,27,29,32,45H,13-14,16-18,20-22H2,1-7H3,(H,39,46)/t2*24-,27+,29-,32?/m00/s1. The van der Waals surface area contributed by atoms with Crippen molar-refractivity contribution in [1.82, 2.24) is 60.1 Å². The van der Waals surface area contributed by atoms with E-state index in [2.05, 4.69) is 40.9 Å². The molecule has 0 bridgehead atoms. The number of anilines is 2. The zero-order valence-electron chi connectivity index (χ0n) is 60.5. The van der Waals surface area contributed by atoms with Crippen molar-refractivity contribution in [1.29, 1.82) is 0 Å². The number of aliphatic hydroxyl groups is 2. The van der Waals surface area contributed by atoms with E-state index in [0.717, 1.165) is 85.5 Å². The van der Waals surface area contributed by atoms with E-state index in [1.807, 2.05) is 179 Å². The Morgan fingerprint density at radius 2 is 0.870 bits per heavy atom. The normalized spacial score (nSPS) is 21.7. The van der Waals surface area contributed by atoms with Crippen LogP contribution < -0.4 is 20.4 Å². The molecule has 6 amide bonds. The molecule has 0 radical (unpaired) electrons. The molecule has 2 aromatic carbocycles. The van der Waals surface area contributed by atoms with Gasteiger partial charge in [0.25, 0.3) is 0 Å². The van der Waals surface area contributed by atoms with Crippen molar-refractivity contribution in [3.63, 3.8) is 0 Å². The van der Waals surface area contributed by atoms with Gasteiger partial charge in [-0.15, -0.1) is 0 Å². The second-order valence-corrected chi connectivity index (χ2v) is 31.4. The molecule has 12 rings (SSSR count). The van der Waals surface area contributed by atoms with Crippen LogP contribution in [0.4, 0.5) is 21.2 Å². The van der Waals surface area contributed by atoms with E-state index in [1.54, 1.807) is 22.2 Å². The van der Waals surface area contributed by atoms with Crippen LogP contribution in [0.15, 0.2) is 94.2 Å². The molecule has 4 aromatic heterocycles. The third-order valence-corrected chi connectivity index (χ3v) is 20.7. The van der Waals surface area contributed by atoms with Crippen LogP contribution in [0.2, 0.25) is 0 Å². The van der Waals surface area contributed by atoms with Gasteiger partial charge in [0, 0.05) is 128 Å². The molecule has 6 aromatic rings. The van der Waals surface area contributed by atoms with Crippen LogP contribution in [-0.4, -0.2) is 196 Å². The lowest BCUT2D eigenvalue weighted by Gasteiger charge is -2.53. The predicted octanol–water partition coefficient (Wildman–Crippen LogP) is 8.98. The summed E-state index contributed by atoms with van der Waals surface area (Å²) in [6.45, 7) is 28.8. The first-order valence-corrected chi connectivity index (χ1v) is 35.4. The molecule has 2 spiro atoms. The quantitative estimate of drug-likeness (QED) is 0.0703. The number of ether oxygens (including phenoxy) is 2. The van der Waals surface area contributed by atoms with E-state index in [0.29, 0.717) is 49.3 Å². The molecule has 100 heavy (non-hydrogen) atoms. The molecule has 540 valence electrons. The summed E-state index contributed by atoms with van der Waals surface area (Å²) in [5.74, 6) is -0.485. The van der Waals surface area contributed by atoms with Crippen molar-refractivity contribution in [2.24, 2.45) is 36.8 Å². The Morgan fingerprint density at radius 1 is 0.530 bits per heavy atom. The lowest BCUT2D eigenvalue weighted by Crippen LogP contribution is -2.61. The molecule has 26 heteroatoms. The molecule has 0 saturated carbocycles. The first-order valence-electron chi connectivity index (χ1n) is 35.4. The smallest absolute Gasteiger partial charge is 0.410 e. The Hall–Kier alpha value is -8.78. The van der Waals surface area contributed by atoms with Gasteiger partial charge in [0.15, 0.2) is 23.2 Å². The Bertz CT molecular complexity index is 3600. The van der Waals surface area contributed by atoms with Crippen LogP contribution in [0, 0.1) is 22.7 Å². The number of benzene rings is 2. The largest absolute Gasteiger partial charge is 0.444 e. The number of aliphatic hydroxyl groups excluding tert-OH is 2. The van der Waals surface area contributed by atoms with Gasteiger partial charge in [-0.05, 0) is 127 Å². The number of hydrogen-bond acceptors (Lipinski definition) is 18. The van der Waals surface area contributed by atoms with Gasteiger partial charge in [0.2, 0.25) is 23.6 Å². The summed E-state index contributed by atoms with van der Waals surface area (Å²) in [5, 5.41) is 44.6. The number of piperidine rings is 2. The molecule has 6 saturated heterocycles. The van der Waals surface area contributed by atoms with E-state index < -0.39 is 47.3 Å². The number of aromatic nitrogens is 6. The molecule has 2 unspecified atom stereocenters. The maximum Gasteiger partial charge on any atom is 0.410 e. The molecular weight excluding hydrogens is 1280 g/mol. The summed E-state index contributed by atoms with van der Waals surface area (Å²) in [7, 11) is 3.78. The molecular formula is C74H102N14O12. The molecule has 10 heterocycles. The van der Waals surface area contributed by atoms with E-state index in [9.17, 15) is 39.0 Å². The molecule has 6 fully saturated rings. The summed E-state index contributed by atoms with van der Waals surface area (Å²) < 4.78 is 26.3. The number of carbonyl (C=O) groups excluding carboxylic acids is 6. The summed E-state index contributed by atoms with van der Waals surface area (Å²) in [5.41, 5.74) is 5.06. The maximum absolute atomic E-state index is 14.1. The van der Waals surface area contributed by atoms with Gasteiger partial charge in [0.1, 0.15) is 35.1 Å². The van der Waals surface area contributed by atoms with Gasteiger partial charge in [-0.25, -0.2) is 9.59 Å². The highest BCUT2D eigenvalue weighted by atomic mass is 16.6. The number of carbonyl (C=O) groups is 6. The van der Waals surface area contributed by atoms with Gasteiger partial charge < -0.3 is 68.8 Å². The minimum atomic E-state index is -0.806. The fraction of sp³-hybridized carbons (Fsp3) is 0.595. The highest BCUT2D eigenvalue weighted by Crippen LogP contribution is 2.46. The monoisotopic (exact) mass is 1380 g/mol. The number of nitrogens with one attached hydrogen (secondary N) is 2. The van der Waals surface area contributed by atoms with Crippen LogP contribution >= 0.6 is 0 Å². The third kappa shape index (κ3) is 16.2. The van der Waals surface area contributed by atoms with Crippen LogP contribution in [-0.2, 0) is 42.7 Å². The van der Waals surface area contributed by atoms with Gasteiger partial charge in [-0.3, -0.25) is 28.5 Å². The lowest BCUT2D eigenvalue weighted by molar-refractivity contribution is -0.141. The SMILES string of the molecule is CC(C)C(C(=O)N1C[C@H](O)C[C@H]1C(=O)N[C@@H](C)c1ccc(-c2ccnn2C)cc1)c1cc(N2CC3(CCN(C(=O)OC(C)(C)C)CC3)C2)no1.CC(C)C(C(=O)N1C[C@H](O)C[C@H]1C(=O)N[C@@H](C)c1ccc(-c2ccnn2C)cc1)c1cc(N2CC3(CCN(C(=O)OC(C)(C)C)CC3)C2)no1. The highest BCUT2D eigenvalue weighted by Gasteiger charge is 2.51. The zero-order chi connectivity index (χ0) is 71.9. The molecule has 8 atom stereocenters. The summed E-state index contributed by atoms with van der Waals surface area (Å²) in [6, 6.07) is 21.2. The Labute approximate surface area is 586 Å². The fourth-order valence-corrected chi connectivity index (χ4v) is 15.0. The van der Waals surface area contributed by atoms with E-state index in [4.69, 9.17) is 18.5 Å². The fourth-order valence-electron chi connectivity index (χ4n) is 15.0. The number of likely N-dealkylation sites (tertiary alicyclic amines) is 4. The first kappa shape index (κ1) is 72.5. The number of rotatable bonds is 16. The predicted molar refractivity (Wildman–Crippen MR) is 374 cm³/mol. The minimum absolute atomic E-state index is 0.0733. The molecule has 6 aliphatic rings. The van der Waals surface area contributed by atoms with Gasteiger partial charge >= 0.3 is 12.2 Å². The average Bonchev–Trinajstić information content (AvgIpc) is 1.25. The Morgan fingerprint density at radius 3 is 1.17 bits per heavy atom. The highest BCUT2D eigenvalue weighted by molar-refractivity contribution is 5.92. The molecule has 26 nitrogen and oxygen atoms in total. The van der Waals surface area contributed by atoms with Crippen LogP contribution in [0.5, 0.6) is 0 Å². The zero-order valence-corrected chi connectivity index (χ0v) is 60.5. The molecule has 4 N–H and O–H groups in total. The van der Waals surface area contributed by atoms with Crippen molar-refractivity contribution >= 4 is 47.5 Å². The van der Waals surface area contributed by atoms with Crippen LogP contribution in [0.25, 0.3) is 22.5 Å². The van der Waals surface area contributed by atoms with E-state index >= 15 is 0 Å². The first-order chi connectivity index (χ1) is 47.3. The number of aryl methyl sites for hydroxylation is 2. The summed E-state index contributed by atoms with van der Waals surface area (Å²) in [4.78, 5) is 91.5. The van der Waals surface area contributed by atoms with Crippen molar-refractivity contribution in [2.45, 2.75) is 181 Å². The van der Waals surface area contributed by atoms with Crippen molar-refractivity contribution in [3.8, 4) is 22.5 Å². The van der Waals surface area contributed by atoms with Gasteiger partial charge in [-0.2, -0.15) is 10.2 Å². The van der Waals surface area contributed by atoms with Crippen LogP contribution in [0.3, 0.4) is 0 Å². The van der Waals surface area contributed by atoms with Crippen LogP contribution in [0.1, 0.15) is 168 Å². The number of amides is 6. The summed E-state index contributed by atoms with van der Waals surface area (Å²) in [6.07, 6.45) is 5.24. The van der Waals surface area contributed by atoms with Crippen molar-refractivity contribution in [2.75, 3.05) is 75.2 Å². The molecule has 0 aliphatic carbocycles.